The van der Waals surface area contributed by atoms with Crippen molar-refractivity contribution in [1.29, 1.82) is 0 Å². The Labute approximate surface area is 90.2 Å². The van der Waals surface area contributed by atoms with Crippen LogP contribution in [0.3, 0.4) is 0 Å². The first-order valence-corrected chi connectivity index (χ1v) is 6.96. The summed E-state index contributed by atoms with van der Waals surface area (Å²) in [6, 6.07) is -0.263. The molecule has 0 aromatic heterocycles. The predicted octanol–water partition coefficient (Wildman–Crippen LogP) is 1.39. The summed E-state index contributed by atoms with van der Waals surface area (Å²) in [5, 5.41) is 0. The van der Waals surface area contributed by atoms with Gasteiger partial charge in [0.25, 0.3) is 0 Å². The topological polar surface area (TPSA) is 92.8 Å². The lowest BCUT2D eigenvalue weighted by atomic mass is 9.85. The number of phosphoric acid groups is 1. The van der Waals surface area contributed by atoms with Gasteiger partial charge in [-0.05, 0) is 12.3 Å². The molecule has 0 spiro atoms. The van der Waals surface area contributed by atoms with E-state index in [2.05, 4.69) is 4.52 Å². The zero-order chi connectivity index (χ0) is 11.3. The van der Waals surface area contributed by atoms with Gasteiger partial charge in [-0.25, -0.2) is 4.57 Å². The summed E-state index contributed by atoms with van der Waals surface area (Å²) in [6.45, 7) is -0.0548. The maximum absolute atomic E-state index is 10.4. The molecule has 1 rings (SSSR count). The van der Waals surface area contributed by atoms with Crippen LogP contribution in [0.5, 0.6) is 0 Å². The van der Waals surface area contributed by atoms with Gasteiger partial charge >= 0.3 is 7.82 Å². The second-order valence-electron chi connectivity index (χ2n) is 4.29. The van der Waals surface area contributed by atoms with Crippen LogP contribution in [0.15, 0.2) is 0 Å². The molecular formula is C9H20NO4P. The molecule has 0 amide bonds. The van der Waals surface area contributed by atoms with Crippen molar-refractivity contribution >= 4 is 7.82 Å². The maximum Gasteiger partial charge on any atom is 0.469 e. The van der Waals surface area contributed by atoms with Crippen LogP contribution in [-0.4, -0.2) is 22.4 Å². The van der Waals surface area contributed by atoms with E-state index in [-0.39, 0.29) is 12.6 Å². The van der Waals surface area contributed by atoms with Crippen molar-refractivity contribution < 1.29 is 18.9 Å². The molecule has 0 saturated heterocycles. The molecule has 1 fully saturated rings. The highest BCUT2D eigenvalue weighted by molar-refractivity contribution is 7.46. The van der Waals surface area contributed by atoms with Gasteiger partial charge in [0.1, 0.15) is 0 Å². The van der Waals surface area contributed by atoms with Gasteiger partial charge in [-0.15, -0.1) is 0 Å². The summed E-state index contributed by atoms with van der Waals surface area (Å²) in [6.07, 6.45) is 6.96. The summed E-state index contributed by atoms with van der Waals surface area (Å²) in [7, 11) is -4.35. The summed E-state index contributed by atoms with van der Waals surface area (Å²) in [4.78, 5) is 17.0. The van der Waals surface area contributed by atoms with Crippen molar-refractivity contribution in [2.45, 2.75) is 44.6 Å². The number of phosphoric ester groups is 1. The van der Waals surface area contributed by atoms with Gasteiger partial charge in [0, 0.05) is 6.04 Å². The van der Waals surface area contributed by atoms with E-state index in [9.17, 15) is 4.57 Å². The fraction of sp³-hybridized carbons (Fsp3) is 1.00. The Balaban J connectivity index is 2.17. The molecule has 1 saturated carbocycles. The minimum Gasteiger partial charge on any atom is -0.326 e. The quantitative estimate of drug-likeness (QED) is 0.628. The minimum absolute atomic E-state index is 0.0548. The monoisotopic (exact) mass is 237 g/mol. The van der Waals surface area contributed by atoms with Gasteiger partial charge in [0.15, 0.2) is 0 Å². The molecule has 6 heteroatoms. The first-order valence-electron chi connectivity index (χ1n) is 5.43. The van der Waals surface area contributed by atoms with Gasteiger partial charge in [-0.3, -0.25) is 4.52 Å². The van der Waals surface area contributed by atoms with Crippen molar-refractivity contribution in [1.82, 2.24) is 0 Å². The Bertz CT molecular complexity index is 224. The molecule has 1 aliphatic carbocycles. The van der Waals surface area contributed by atoms with Gasteiger partial charge in [-0.2, -0.15) is 0 Å². The summed E-state index contributed by atoms with van der Waals surface area (Å²) in [5.74, 6) is 0.606. The lowest BCUT2D eigenvalue weighted by Crippen LogP contribution is -2.29. The molecule has 0 unspecified atom stereocenters. The highest BCUT2D eigenvalue weighted by atomic mass is 31.2. The molecule has 0 aliphatic heterocycles. The fourth-order valence-corrected chi connectivity index (χ4v) is 2.50. The standard InChI is InChI=1S/C9H20NO4P/c10-9(7-14-15(11,12)13)6-8-4-2-1-3-5-8/h8-9H,1-7,10H2,(H2,11,12,13)/t9-/m1/s1. The van der Waals surface area contributed by atoms with Gasteiger partial charge in [0.2, 0.25) is 0 Å². The van der Waals surface area contributed by atoms with E-state index in [0.717, 1.165) is 6.42 Å². The Kier molecular flexibility index (Phi) is 5.23. The number of hydrogen-bond donors (Lipinski definition) is 3. The molecule has 0 radical (unpaired) electrons. The summed E-state index contributed by atoms with van der Waals surface area (Å²) < 4.78 is 14.8. The normalized spacial score (nSPS) is 21.5. The van der Waals surface area contributed by atoms with Crippen LogP contribution in [-0.2, 0) is 9.09 Å². The van der Waals surface area contributed by atoms with Crippen molar-refractivity contribution in [2.75, 3.05) is 6.61 Å². The first kappa shape index (κ1) is 13.1. The van der Waals surface area contributed by atoms with Crippen LogP contribution in [0.4, 0.5) is 0 Å². The van der Waals surface area contributed by atoms with Crippen molar-refractivity contribution in [3.8, 4) is 0 Å². The Morgan fingerprint density at radius 1 is 1.33 bits per heavy atom. The highest BCUT2D eigenvalue weighted by Gasteiger charge is 2.20. The summed E-state index contributed by atoms with van der Waals surface area (Å²) in [5.41, 5.74) is 5.74. The zero-order valence-electron chi connectivity index (χ0n) is 8.84. The van der Waals surface area contributed by atoms with Crippen molar-refractivity contribution in [3.63, 3.8) is 0 Å². The molecular weight excluding hydrogens is 217 g/mol. The highest BCUT2D eigenvalue weighted by Crippen LogP contribution is 2.36. The molecule has 1 atom stereocenters. The second-order valence-corrected chi connectivity index (χ2v) is 5.53. The first-order chi connectivity index (χ1) is 6.97. The van der Waals surface area contributed by atoms with Crippen LogP contribution in [0.2, 0.25) is 0 Å². The van der Waals surface area contributed by atoms with Crippen LogP contribution < -0.4 is 5.73 Å². The summed E-state index contributed by atoms with van der Waals surface area (Å²) >= 11 is 0. The third kappa shape index (κ3) is 6.28. The van der Waals surface area contributed by atoms with Crippen molar-refractivity contribution in [2.24, 2.45) is 11.7 Å². The van der Waals surface area contributed by atoms with Crippen molar-refractivity contribution in [3.05, 3.63) is 0 Å². The van der Waals surface area contributed by atoms with Gasteiger partial charge in [-0.1, -0.05) is 32.1 Å². The molecule has 0 bridgehead atoms. The van der Waals surface area contributed by atoms with Gasteiger partial charge < -0.3 is 15.5 Å². The van der Waals surface area contributed by atoms with E-state index in [1.54, 1.807) is 0 Å². The van der Waals surface area contributed by atoms with E-state index in [1.165, 1.54) is 32.1 Å². The van der Waals surface area contributed by atoms with Gasteiger partial charge in [0.05, 0.1) is 6.61 Å². The van der Waals surface area contributed by atoms with Crippen LogP contribution in [0.25, 0.3) is 0 Å². The van der Waals surface area contributed by atoms with Crippen LogP contribution in [0, 0.1) is 5.92 Å². The Morgan fingerprint density at radius 3 is 2.47 bits per heavy atom. The zero-order valence-corrected chi connectivity index (χ0v) is 9.73. The van der Waals surface area contributed by atoms with E-state index >= 15 is 0 Å². The van der Waals surface area contributed by atoms with E-state index in [4.69, 9.17) is 15.5 Å². The van der Waals surface area contributed by atoms with Crippen LogP contribution in [0.1, 0.15) is 38.5 Å². The maximum atomic E-state index is 10.4. The largest absolute Gasteiger partial charge is 0.469 e. The Hall–Kier alpha value is 0.0700. The number of hydrogen-bond acceptors (Lipinski definition) is 3. The molecule has 15 heavy (non-hydrogen) atoms. The SMILES string of the molecule is N[C@@H](COP(=O)(O)O)CC1CCCCC1. The average Bonchev–Trinajstić information content (AvgIpc) is 2.15. The van der Waals surface area contributed by atoms with Crippen LogP contribution >= 0.6 is 7.82 Å². The molecule has 90 valence electrons. The fourth-order valence-electron chi connectivity index (χ4n) is 2.11. The molecule has 1 aliphatic rings. The van der Waals surface area contributed by atoms with E-state index in [0.29, 0.717) is 5.92 Å². The Morgan fingerprint density at radius 2 is 1.93 bits per heavy atom. The average molecular weight is 237 g/mol. The molecule has 0 heterocycles. The second kappa shape index (κ2) is 5.97. The molecule has 4 N–H and O–H groups in total. The number of rotatable bonds is 5. The van der Waals surface area contributed by atoms with E-state index < -0.39 is 7.82 Å². The smallest absolute Gasteiger partial charge is 0.326 e. The molecule has 5 nitrogen and oxygen atoms in total. The van der Waals surface area contributed by atoms with E-state index in [1.807, 2.05) is 0 Å². The number of nitrogens with two attached hydrogens (primary N) is 1. The lowest BCUT2D eigenvalue weighted by molar-refractivity contribution is 0.174. The third-order valence-corrected chi connectivity index (χ3v) is 3.30. The predicted molar refractivity (Wildman–Crippen MR) is 57.2 cm³/mol. The minimum atomic E-state index is -4.35. The lowest BCUT2D eigenvalue weighted by Gasteiger charge is -2.24. The molecule has 0 aromatic carbocycles. The molecule has 0 aromatic rings. The third-order valence-electron chi connectivity index (χ3n) is 2.82.